The number of aromatic nitrogens is 2. The molecule has 3 aromatic rings. The van der Waals surface area contributed by atoms with E-state index >= 15 is 0 Å². The van der Waals surface area contributed by atoms with Gasteiger partial charge in [-0.1, -0.05) is 17.7 Å². The molecule has 9 heteroatoms. The van der Waals surface area contributed by atoms with Crippen LogP contribution < -0.4 is 15.2 Å². The molecule has 1 atom stereocenters. The summed E-state index contributed by atoms with van der Waals surface area (Å²) in [4.78, 5) is 13.3. The molecule has 0 aliphatic rings. The van der Waals surface area contributed by atoms with Crippen molar-refractivity contribution in [3.63, 3.8) is 0 Å². The van der Waals surface area contributed by atoms with Crippen LogP contribution in [0.4, 0.5) is 0 Å². The van der Waals surface area contributed by atoms with Gasteiger partial charge in [-0.3, -0.25) is 9.13 Å². The molecule has 30 heavy (non-hydrogen) atoms. The number of rotatable bonds is 8. The number of aryl methyl sites for hydroxylation is 1. The fraction of sp³-hybridized carbons (Fsp3) is 0.381. The van der Waals surface area contributed by atoms with Gasteiger partial charge in [0.25, 0.3) is 0 Å². The van der Waals surface area contributed by atoms with E-state index in [1.165, 1.54) is 11.7 Å². The molecule has 3 rings (SSSR count). The molecule has 162 valence electrons. The first-order chi connectivity index (χ1) is 14.2. The van der Waals surface area contributed by atoms with E-state index < -0.39 is 15.9 Å². The quantitative estimate of drug-likeness (QED) is 0.522. The maximum absolute atomic E-state index is 13.3. The summed E-state index contributed by atoms with van der Waals surface area (Å²) in [5, 5.41) is 0.504. The number of ether oxygens (including phenoxy) is 2. The first-order valence-corrected chi connectivity index (χ1v) is 12.0. The second-order valence-corrected chi connectivity index (χ2v) is 9.60. The largest absolute Gasteiger partial charge is 0.493 e. The molecule has 0 saturated carbocycles. The highest BCUT2D eigenvalue weighted by molar-refractivity contribution is 7.90. The molecule has 0 unspecified atom stereocenters. The summed E-state index contributed by atoms with van der Waals surface area (Å²) >= 11 is 6.15. The number of methoxy groups -OCH3 is 1. The monoisotopic (exact) mass is 452 g/mol. The smallest absolute Gasteiger partial charge is 0.329 e. The van der Waals surface area contributed by atoms with Gasteiger partial charge >= 0.3 is 5.69 Å². The van der Waals surface area contributed by atoms with E-state index in [2.05, 4.69) is 0 Å². The SMILES string of the molecule is CCOc1cc([C@@H](CS(C)(=O)=O)n2c(=O)n(CC)c3cc(Cl)ccc32)ccc1OC. The summed E-state index contributed by atoms with van der Waals surface area (Å²) in [6, 6.07) is 9.62. The van der Waals surface area contributed by atoms with Gasteiger partial charge in [0.15, 0.2) is 11.5 Å². The molecule has 0 amide bonds. The van der Waals surface area contributed by atoms with Gasteiger partial charge < -0.3 is 9.47 Å². The second-order valence-electron chi connectivity index (χ2n) is 6.98. The lowest BCUT2D eigenvalue weighted by molar-refractivity contribution is 0.310. The second kappa shape index (κ2) is 8.73. The predicted molar refractivity (Wildman–Crippen MR) is 119 cm³/mol. The van der Waals surface area contributed by atoms with Crippen molar-refractivity contribution in [2.75, 3.05) is 25.7 Å². The average Bonchev–Trinajstić information content (AvgIpc) is 2.96. The molecular formula is C21H25ClN2O5S. The van der Waals surface area contributed by atoms with Crippen LogP contribution in [-0.4, -0.2) is 43.3 Å². The van der Waals surface area contributed by atoms with Crippen molar-refractivity contribution in [2.24, 2.45) is 0 Å². The number of nitrogens with zero attached hydrogens (tertiary/aromatic N) is 2. The first-order valence-electron chi connectivity index (χ1n) is 9.58. The highest BCUT2D eigenvalue weighted by Gasteiger charge is 2.26. The molecule has 0 aliphatic carbocycles. The maximum Gasteiger partial charge on any atom is 0.329 e. The number of halogens is 1. The van der Waals surface area contributed by atoms with Crippen molar-refractivity contribution in [2.45, 2.75) is 26.4 Å². The summed E-state index contributed by atoms with van der Waals surface area (Å²) < 4.78 is 38.7. The van der Waals surface area contributed by atoms with Crippen LogP contribution in [0.2, 0.25) is 5.02 Å². The third-order valence-corrected chi connectivity index (χ3v) is 6.04. The lowest BCUT2D eigenvalue weighted by Gasteiger charge is -2.20. The van der Waals surface area contributed by atoms with E-state index in [4.69, 9.17) is 21.1 Å². The van der Waals surface area contributed by atoms with Gasteiger partial charge in [0.05, 0.1) is 36.5 Å². The predicted octanol–water partition coefficient (Wildman–Crippen LogP) is 3.52. The van der Waals surface area contributed by atoms with Crippen molar-refractivity contribution >= 4 is 32.5 Å². The van der Waals surface area contributed by atoms with Crippen molar-refractivity contribution in [3.05, 3.63) is 57.5 Å². The summed E-state index contributed by atoms with van der Waals surface area (Å²) in [6.07, 6.45) is 1.16. The third-order valence-electron chi connectivity index (χ3n) is 4.89. The molecule has 2 aromatic carbocycles. The highest BCUT2D eigenvalue weighted by Crippen LogP contribution is 2.33. The Morgan fingerprint density at radius 3 is 2.40 bits per heavy atom. The van der Waals surface area contributed by atoms with E-state index in [1.807, 2.05) is 13.8 Å². The molecular weight excluding hydrogens is 428 g/mol. The van der Waals surface area contributed by atoms with Crippen LogP contribution in [0.1, 0.15) is 25.5 Å². The zero-order chi connectivity index (χ0) is 22.1. The normalized spacial score (nSPS) is 12.8. The van der Waals surface area contributed by atoms with Gasteiger partial charge in [0.1, 0.15) is 9.84 Å². The van der Waals surface area contributed by atoms with E-state index in [1.54, 1.807) is 41.0 Å². The minimum atomic E-state index is -3.42. The zero-order valence-electron chi connectivity index (χ0n) is 17.4. The molecule has 0 spiro atoms. The van der Waals surface area contributed by atoms with Crippen LogP contribution in [0.15, 0.2) is 41.2 Å². The molecule has 0 N–H and O–H groups in total. The summed E-state index contributed by atoms with van der Waals surface area (Å²) in [7, 11) is -1.88. The molecule has 7 nitrogen and oxygen atoms in total. The first kappa shape index (κ1) is 22.2. The van der Waals surface area contributed by atoms with Crippen molar-refractivity contribution in [1.29, 1.82) is 0 Å². The summed E-state index contributed by atoms with van der Waals surface area (Å²) in [5.74, 6) is 0.788. The average molecular weight is 453 g/mol. The van der Waals surface area contributed by atoms with Gasteiger partial charge in [-0.05, 0) is 49.7 Å². The Morgan fingerprint density at radius 2 is 1.80 bits per heavy atom. The number of hydrogen-bond donors (Lipinski definition) is 0. The minimum absolute atomic E-state index is 0.240. The van der Waals surface area contributed by atoms with Crippen LogP contribution in [0.25, 0.3) is 11.0 Å². The molecule has 1 heterocycles. The van der Waals surface area contributed by atoms with Gasteiger partial charge in [0, 0.05) is 17.8 Å². The maximum atomic E-state index is 13.3. The van der Waals surface area contributed by atoms with E-state index in [0.29, 0.717) is 46.3 Å². The van der Waals surface area contributed by atoms with Gasteiger partial charge in [-0.2, -0.15) is 0 Å². The van der Waals surface area contributed by atoms with E-state index in [0.717, 1.165) is 6.26 Å². The Bertz CT molecular complexity index is 1230. The fourth-order valence-corrected chi connectivity index (χ4v) is 4.72. The van der Waals surface area contributed by atoms with Crippen LogP contribution in [0, 0.1) is 0 Å². The van der Waals surface area contributed by atoms with Crippen LogP contribution in [0.3, 0.4) is 0 Å². The Kier molecular flexibility index (Phi) is 6.47. The number of hydrogen-bond acceptors (Lipinski definition) is 5. The Balaban J connectivity index is 2.31. The van der Waals surface area contributed by atoms with Crippen LogP contribution >= 0.6 is 11.6 Å². The van der Waals surface area contributed by atoms with Gasteiger partial charge in [-0.15, -0.1) is 0 Å². The molecule has 0 bridgehead atoms. The van der Waals surface area contributed by atoms with Crippen molar-refractivity contribution in [1.82, 2.24) is 9.13 Å². The summed E-state index contributed by atoms with van der Waals surface area (Å²) in [5.41, 5.74) is 1.62. The minimum Gasteiger partial charge on any atom is -0.493 e. The van der Waals surface area contributed by atoms with E-state index in [-0.39, 0.29) is 11.4 Å². The lowest BCUT2D eigenvalue weighted by Crippen LogP contribution is -2.31. The molecule has 0 fully saturated rings. The topological polar surface area (TPSA) is 79.5 Å². The Morgan fingerprint density at radius 1 is 1.07 bits per heavy atom. The van der Waals surface area contributed by atoms with E-state index in [9.17, 15) is 13.2 Å². The van der Waals surface area contributed by atoms with Gasteiger partial charge in [0.2, 0.25) is 0 Å². The zero-order valence-corrected chi connectivity index (χ0v) is 19.0. The molecule has 0 radical (unpaired) electrons. The molecule has 1 aromatic heterocycles. The molecule has 0 saturated heterocycles. The van der Waals surface area contributed by atoms with Crippen LogP contribution in [-0.2, 0) is 16.4 Å². The lowest BCUT2D eigenvalue weighted by atomic mass is 10.1. The fourth-order valence-electron chi connectivity index (χ4n) is 3.63. The molecule has 0 aliphatic heterocycles. The Hall–Kier alpha value is -2.45. The van der Waals surface area contributed by atoms with Crippen molar-refractivity contribution < 1.29 is 17.9 Å². The number of sulfone groups is 1. The third kappa shape index (κ3) is 4.34. The Labute approximate surface area is 180 Å². The van der Waals surface area contributed by atoms with Crippen LogP contribution in [0.5, 0.6) is 11.5 Å². The standard InChI is InChI=1S/C21H25ClN2O5S/c1-5-23-17-12-15(22)8-9-16(17)24(21(23)25)18(13-30(4,26)27)14-7-10-19(28-3)20(11-14)29-6-2/h7-12,18H,5-6,13H2,1-4H3/t18-/m1/s1. The number of imidazole rings is 1. The number of fused-ring (bicyclic) bond motifs is 1. The van der Waals surface area contributed by atoms with Crippen molar-refractivity contribution in [3.8, 4) is 11.5 Å². The number of benzene rings is 2. The van der Waals surface area contributed by atoms with Gasteiger partial charge in [-0.25, -0.2) is 13.2 Å². The highest BCUT2D eigenvalue weighted by atomic mass is 35.5. The summed E-state index contributed by atoms with van der Waals surface area (Å²) in [6.45, 7) is 4.56.